The molecule has 1 aliphatic heterocycles. The predicted octanol–water partition coefficient (Wildman–Crippen LogP) is 2.72. The Hall–Kier alpha value is -2.76. The Labute approximate surface area is 193 Å². The topological polar surface area (TPSA) is 112 Å². The molecular weight excluding hydrogens is 458 g/mol. The molecule has 3 N–H and O–H groups in total. The molecule has 1 aliphatic carbocycles. The van der Waals surface area contributed by atoms with Crippen LogP contribution in [-0.2, 0) is 20.7 Å². The highest BCUT2D eigenvalue weighted by Gasteiger charge is 2.57. The van der Waals surface area contributed by atoms with E-state index in [9.17, 15) is 27.2 Å². The van der Waals surface area contributed by atoms with Gasteiger partial charge in [-0.15, -0.1) is 0 Å². The highest BCUT2D eigenvalue weighted by atomic mass is 19.3. The summed E-state index contributed by atoms with van der Waals surface area (Å²) in [7, 11) is 1.04. The number of aromatic nitrogens is 3. The van der Waals surface area contributed by atoms with Crippen LogP contribution < -0.4 is 11.1 Å². The summed E-state index contributed by atoms with van der Waals surface area (Å²) in [4.78, 5) is 29.7. The highest BCUT2D eigenvalue weighted by Crippen LogP contribution is 2.41. The number of halogens is 4. The number of fused-ring (bicyclic) bond motifs is 1. The molecule has 2 atom stereocenters. The number of amides is 1. The molecular formula is C22H27F4N5O3. The Morgan fingerprint density at radius 3 is 2.62 bits per heavy atom. The van der Waals surface area contributed by atoms with Crippen LogP contribution in [0.1, 0.15) is 55.1 Å². The van der Waals surface area contributed by atoms with Crippen LogP contribution in [0.25, 0.3) is 5.65 Å². The molecule has 0 aromatic carbocycles. The zero-order valence-electron chi connectivity index (χ0n) is 18.9. The first-order chi connectivity index (χ1) is 15.9. The number of aryl methyl sites for hydroxylation is 1. The van der Waals surface area contributed by atoms with Crippen LogP contribution in [0.4, 0.5) is 17.6 Å². The van der Waals surface area contributed by atoms with Crippen LogP contribution in [0, 0.1) is 18.3 Å². The standard InChI is InChI=1S/C22H27F4N5O3/c1-12-7-16-29-15(17(27)13-3-5-21(23,24)6-4-13)9-31(16)30-14(12)8-20(19(33)34-2)10-22(25,26)11-28-18(20)32/h7,9,13,17H,3-6,8,10-11,27H2,1-2H3,(H,28,32)/t17-,20?/m0/s1. The average molecular weight is 485 g/mol. The first-order valence-electron chi connectivity index (χ1n) is 11.1. The van der Waals surface area contributed by atoms with Gasteiger partial charge in [0.25, 0.3) is 5.92 Å². The minimum Gasteiger partial charge on any atom is -0.468 e. The van der Waals surface area contributed by atoms with Crippen LogP contribution in [-0.4, -0.2) is 52.0 Å². The summed E-state index contributed by atoms with van der Waals surface area (Å²) in [5.41, 5.74) is 5.90. The lowest BCUT2D eigenvalue weighted by atomic mass is 9.74. The lowest BCUT2D eigenvalue weighted by molar-refractivity contribution is -0.172. The lowest BCUT2D eigenvalue weighted by Crippen LogP contribution is -2.59. The number of nitrogens with two attached hydrogens (primary N) is 1. The number of alkyl halides is 4. The number of esters is 1. The Balaban J connectivity index is 1.64. The second kappa shape index (κ2) is 8.47. The zero-order chi connectivity index (χ0) is 24.9. The smallest absolute Gasteiger partial charge is 0.322 e. The lowest BCUT2D eigenvalue weighted by Gasteiger charge is -2.37. The third kappa shape index (κ3) is 4.47. The molecule has 8 nitrogen and oxygen atoms in total. The Morgan fingerprint density at radius 1 is 1.29 bits per heavy atom. The number of piperidine rings is 1. The van der Waals surface area contributed by atoms with Crippen LogP contribution in [0.5, 0.6) is 0 Å². The van der Waals surface area contributed by atoms with E-state index in [0.29, 0.717) is 16.9 Å². The van der Waals surface area contributed by atoms with Crippen LogP contribution in [0.2, 0.25) is 0 Å². The van der Waals surface area contributed by atoms with Crippen molar-refractivity contribution in [1.29, 1.82) is 0 Å². The second-order valence-electron chi connectivity index (χ2n) is 9.43. The largest absolute Gasteiger partial charge is 0.468 e. The van der Waals surface area contributed by atoms with Crippen molar-refractivity contribution in [3.63, 3.8) is 0 Å². The third-order valence-corrected chi connectivity index (χ3v) is 6.92. The first-order valence-corrected chi connectivity index (χ1v) is 11.1. The Kier molecular flexibility index (Phi) is 6.07. The first kappa shape index (κ1) is 24.4. The predicted molar refractivity (Wildman–Crippen MR) is 112 cm³/mol. The molecule has 2 aromatic heterocycles. The summed E-state index contributed by atoms with van der Waals surface area (Å²) in [5.74, 6) is -8.00. The maximum Gasteiger partial charge on any atom is 0.322 e. The molecule has 186 valence electrons. The summed E-state index contributed by atoms with van der Waals surface area (Å²) < 4.78 is 61.6. The number of imidazole rings is 1. The van der Waals surface area contributed by atoms with Crippen LogP contribution in [0.3, 0.4) is 0 Å². The molecule has 1 unspecified atom stereocenters. The van der Waals surface area contributed by atoms with Crippen molar-refractivity contribution in [3.05, 3.63) is 29.2 Å². The second-order valence-corrected chi connectivity index (χ2v) is 9.43. The number of hydrogen-bond acceptors (Lipinski definition) is 6. The Morgan fingerprint density at radius 2 is 1.97 bits per heavy atom. The number of rotatable bonds is 5. The van der Waals surface area contributed by atoms with E-state index in [0.717, 1.165) is 7.11 Å². The van der Waals surface area contributed by atoms with Gasteiger partial charge in [0.15, 0.2) is 11.1 Å². The summed E-state index contributed by atoms with van der Waals surface area (Å²) in [6, 6.07) is 1.09. The van der Waals surface area contributed by atoms with Gasteiger partial charge in [-0.3, -0.25) is 9.59 Å². The maximum absolute atomic E-state index is 14.2. The van der Waals surface area contributed by atoms with Gasteiger partial charge in [0.2, 0.25) is 11.8 Å². The normalized spacial score (nSPS) is 25.7. The maximum atomic E-state index is 14.2. The van der Waals surface area contributed by atoms with Gasteiger partial charge in [0.05, 0.1) is 37.3 Å². The van der Waals surface area contributed by atoms with Gasteiger partial charge in [0, 0.05) is 25.7 Å². The molecule has 1 saturated carbocycles. The third-order valence-electron chi connectivity index (χ3n) is 6.92. The van der Waals surface area contributed by atoms with Crippen molar-refractivity contribution in [2.24, 2.45) is 17.1 Å². The fraction of sp³-hybridized carbons (Fsp3) is 0.636. The van der Waals surface area contributed by atoms with Crippen molar-refractivity contribution in [3.8, 4) is 0 Å². The molecule has 12 heteroatoms. The summed E-state index contributed by atoms with van der Waals surface area (Å²) in [5, 5.41) is 6.54. The van der Waals surface area contributed by atoms with E-state index < -0.39 is 48.1 Å². The SMILES string of the molecule is COC(=O)C1(Cc2nn3cc([C@@H](N)C4CCC(F)(F)CC4)nc3cc2C)CC(F)(F)CNC1=O. The van der Waals surface area contributed by atoms with Crippen LogP contribution in [0.15, 0.2) is 12.3 Å². The van der Waals surface area contributed by atoms with E-state index in [1.54, 1.807) is 19.2 Å². The van der Waals surface area contributed by atoms with E-state index in [1.165, 1.54) is 4.52 Å². The number of carbonyl (C=O) groups excluding carboxylic acids is 2. The highest BCUT2D eigenvalue weighted by molar-refractivity contribution is 6.03. The van der Waals surface area contributed by atoms with E-state index >= 15 is 0 Å². The van der Waals surface area contributed by atoms with Gasteiger partial charge in [0.1, 0.15) is 0 Å². The zero-order valence-corrected chi connectivity index (χ0v) is 18.9. The molecule has 0 bridgehead atoms. The quantitative estimate of drug-likeness (QED) is 0.383. The number of carbonyl (C=O) groups is 2. The monoisotopic (exact) mass is 485 g/mol. The number of hydrogen-bond donors (Lipinski definition) is 2. The van der Waals surface area contributed by atoms with Crippen molar-refractivity contribution >= 4 is 17.5 Å². The van der Waals surface area contributed by atoms with Crippen molar-refractivity contribution in [1.82, 2.24) is 19.9 Å². The molecule has 1 amide bonds. The molecule has 1 saturated heterocycles. The van der Waals surface area contributed by atoms with Gasteiger partial charge in [-0.2, -0.15) is 5.10 Å². The van der Waals surface area contributed by atoms with Crippen molar-refractivity contribution < 1.29 is 31.9 Å². The molecule has 2 aromatic rings. The number of methoxy groups -OCH3 is 1. The fourth-order valence-corrected chi connectivity index (χ4v) is 4.89. The number of ether oxygens (including phenoxy) is 1. The van der Waals surface area contributed by atoms with Gasteiger partial charge in [-0.05, 0) is 37.3 Å². The van der Waals surface area contributed by atoms with E-state index in [4.69, 9.17) is 10.5 Å². The molecule has 2 aliphatic rings. The van der Waals surface area contributed by atoms with Gasteiger partial charge >= 0.3 is 5.97 Å². The van der Waals surface area contributed by atoms with Crippen LogP contribution >= 0.6 is 0 Å². The van der Waals surface area contributed by atoms with Gasteiger partial charge < -0.3 is 15.8 Å². The van der Waals surface area contributed by atoms with E-state index in [-0.39, 0.29) is 43.7 Å². The number of nitrogens with zero attached hydrogens (tertiary/aromatic N) is 3. The minimum atomic E-state index is -3.29. The summed E-state index contributed by atoms with van der Waals surface area (Å²) in [6.45, 7) is 0.815. The fourth-order valence-electron chi connectivity index (χ4n) is 4.89. The summed E-state index contributed by atoms with van der Waals surface area (Å²) in [6.07, 6.45) is 0.306. The molecule has 0 radical (unpaired) electrons. The van der Waals surface area contributed by atoms with E-state index in [2.05, 4.69) is 15.4 Å². The van der Waals surface area contributed by atoms with Gasteiger partial charge in [-0.25, -0.2) is 27.1 Å². The molecule has 2 fully saturated rings. The molecule has 0 spiro atoms. The molecule has 4 rings (SSSR count). The minimum absolute atomic E-state index is 0.152. The van der Waals surface area contributed by atoms with Crippen molar-refractivity contribution in [2.45, 2.75) is 63.3 Å². The number of nitrogens with one attached hydrogen (secondary N) is 1. The molecule has 34 heavy (non-hydrogen) atoms. The van der Waals surface area contributed by atoms with E-state index in [1.807, 2.05) is 0 Å². The molecule has 3 heterocycles. The van der Waals surface area contributed by atoms with Gasteiger partial charge in [-0.1, -0.05) is 0 Å². The average Bonchev–Trinajstić information content (AvgIpc) is 3.18. The van der Waals surface area contributed by atoms with Crippen molar-refractivity contribution in [2.75, 3.05) is 13.7 Å². The Bertz CT molecular complexity index is 1100. The summed E-state index contributed by atoms with van der Waals surface area (Å²) >= 11 is 0.